The van der Waals surface area contributed by atoms with Crippen molar-refractivity contribution in [1.29, 1.82) is 0 Å². The van der Waals surface area contributed by atoms with Crippen molar-refractivity contribution in [3.05, 3.63) is 33.8 Å². The number of hydrogen-bond donors (Lipinski definition) is 0. The first-order chi connectivity index (χ1) is 9.60. The molecule has 1 aliphatic heterocycles. The van der Waals surface area contributed by atoms with Crippen LogP contribution < -0.4 is 0 Å². The zero-order chi connectivity index (χ0) is 14.5. The number of rotatable bonds is 4. The SMILES string of the molecule is COC(=O)CC1CN(Cc2c(Cl)cccc2Cl)CCO1. The van der Waals surface area contributed by atoms with E-state index in [4.69, 9.17) is 27.9 Å². The number of benzene rings is 1. The lowest BCUT2D eigenvalue weighted by Crippen LogP contribution is -2.43. The molecule has 20 heavy (non-hydrogen) atoms. The number of ether oxygens (including phenoxy) is 2. The molecule has 0 radical (unpaired) electrons. The van der Waals surface area contributed by atoms with Gasteiger partial charge in [-0.2, -0.15) is 0 Å². The minimum Gasteiger partial charge on any atom is -0.469 e. The van der Waals surface area contributed by atoms with Crippen molar-refractivity contribution < 1.29 is 14.3 Å². The summed E-state index contributed by atoms with van der Waals surface area (Å²) in [6.07, 6.45) is 0.126. The van der Waals surface area contributed by atoms with Gasteiger partial charge in [0.25, 0.3) is 0 Å². The zero-order valence-electron chi connectivity index (χ0n) is 11.3. The van der Waals surface area contributed by atoms with Gasteiger partial charge in [0, 0.05) is 35.2 Å². The first kappa shape index (κ1) is 15.6. The summed E-state index contributed by atoms with van der Waals surface area (Å²) in [6, 6.07) is 5.48. The fourth-order valence-corrected chi connectivity index (χ4v) is 2.74. The molecule has 1 atom stereocenters. The molecule has 1 unspecified atom stereocenters. The Bertz CT molecular complexity index is 461. The standard InChI is InChI=1S/C14H17Cl2NO3/c1-19-14(18)7-10-8-17(5-6-20-10)9-11-12(15)3-2-4-13(11)16/h2-4,10H,5-9H2,1H3. The number of carbonyl (C=O) groups excluding carboxylic acids is 1. The Hall–Kier alpha value is -0.810. The van der Waals surface area contributed by atoms with E-state index in [0.717, 1.165) is 12.1 Å². The van der Waals surface area contributed by atoms with Gasteiger partial charge < -0.3 is 9.47 Å². The lowest BCUT2D eigenvalue weighted by atomic mass is 10.1. The lowest BCUT2D eigenvalue weighted by Gasteiger charge is -2.32. The van der Waals surface area contributed by atoms with Crippen LogP contribution in [0.2, 0.25) is 10.0 Å². The first-order valence-corrected chi connectivity index (χ1v) is 7.19. The number of hydrogen-bond acceptors (Lipinski definition) is 4. The van der Waals surface area contributed by atoms with Crippen LogP contribution in [0.5, 0.6) is 0 Å². The molecule has 0 spiro atoms. The Morgan fingerprint density at radius 1 is 1.45 bits per heavy atom. The number of nitrogens with zero attached hydrogens (tertiary/aromatic N) is 1. The smallest absolute Gasteiger partial charge is 0.308 e. The van der Waals surface area contributed by atoms with Crippen LogP contribution in [0.3, 0.4) is 0 Å². The van der Waals surface area contributed by atoms with Crippen molar-refractivity contribution in [2.24, 2.45) is 0 Å². The quantitative estimate of drug-likeness (QED) is 0.800. The highest BCUT2D eigenvalue weighted by Crippen LogP contribution is 2.26. The molecule has 0 bridgehead atoms. The molecular weight excluding hydrogens is 301 g/mol. The third-order valence-corrected chi connectivity index (χ3v) is 4.00. The summed E-state index contributed by atoms with van der Waals surface area (Å²) in [5.74, 6) is -0.257. The summed E-state index contributed by atoms with van der Waals surface area (Å²) >= 11 is 12.4. The summed E-state index contributed by atoms with van der Waals surface area (Å²) in [5, 5.41) is 1.32. The van der Waals surface area contributed by atoms with E-state index in [1.165, 1.54) is 7.11 Å². The average Bonchev–Trinajstić information content (AvgIpc) is 2.43. The van der Waals surface area contributed by atoms with Gasteiger partial charge >= 0.3 is 5.97 Å². The molecule has 4 nitrogen and oxygen atoms in total. The monoisotopic (exact) mass is 317 g/mol. The van der Waals surface area contributed by atoms with Crippen LogP contribution in [0, 0.1) is 0 Å². The molecule has 6 heteroatoms. The average molecular weight is 318 g/mol. The molecule has 0 amide bonds. The Morgan fingerprint density at radius 3 is 2.80 bits per heavy atom. The fourth-order valence-electron chi connectivity index (χ4n) is 2.22. The molecule has 1 heterocycles. The maximum Gasteiger partial charge on any atom is 0.308 e. The Balaban J connectivity index is 1.97. The van der Waals surface area contributed by atoms with Gasteiger partial charge in [0.15, 0.2) is 0 Å². The van der Waals surface area contributed by atoms with E-state index in [1.54, 1.807) is 0 Å². The largest absolute Gasteiger partial charge is 0.469 e. The third-order valence-electron chi connectivity index (χ3n) is 3.29. The number of methoxy groups -OCH3 is 1. The summed E-state index contributed by atoms with van der Waals surface area (Å²) in [5.41, 5.74) is 0.912. The van der Waals surface area contributed by atoms with Gasteiger partial charge in [-0.3, -0.25) is 9.69 Å². The summed E-state index contributed by atoms with van der Waals surface area (Å²) < 4.78 is 10.2. The Labute approximate surface area is 128 Å². The van der Waals surface area contributed by atoms with Gasteiger partial charge in [-0.05, 0) is 12.1 Å². The van der Waals surface area contributed by atoms with Gasteiger partial charge in [0.05, 0.1) is 26.2 Å². The highest BCUT2D eigenvalue weighted by atomic mass is 35.5. The lowest BCUT2D eigenvalue weighted by molar-refractivity contribution is -0.145. The molecule has 1 aromatic rings. The highest BCUT2D eigenvalue weighted by Gasteiger charge is 2.24. The number of carbonyl (C=O) groups is 1. The van der Waals surface area contributed by atoms with Gasteiger partial charge in [-0.25, -0.2) is 0 Å². The predicted molar refractivity (Wildman–Crippen MR) is 78.1 cm³/mol. The third kappa shape index (κ3) is 4.09. The minimum absolute atomic E-state index is 0.141. The molecule has 1 fully saturated rings. The van der Waals surface area contributed by atoms with Gasteiger partial charge in [-0.15, -0.1) is 0 Å². The second-order valence-corrected chi connectivity index (χ2v) is 5.52. The molecule has 0 aliphatic carbocycles. The Kier molecular flexibility index (Phi) is 5.66. The van der Waals surface area contributed by atoms with E-state index < -0.39 is 0 Å². The van der Waals surface area contributed by atoms with Crippen molar-refractivity contribution in [2.45, 2.75) is 19.1 Å². The van der Waals surface area contributed by atoms with E-state index in [9.17, 15) is 4.79 Å². The van der Waals surface area contributed by atoms with Crippen LogP contribution in [-0.2, 0) is 20.8 Å². The van der Waals surface area contributed by atoms with E-state index >= 15 is 0 Å². The summed E-state index contributed by atoms with van der Waals surface area (Å²) in [4.78, 5) is 13.5. The number of halogens is 2. The second-order valence-electron chi connectivity index (χ2n) is 4.71. The van der Waals surface area contributed by atoms with Crippen LogP contribution in [0.25, 0.3) is 0 Å². The van der Waals surface area contributed by atoms with Crippen molar-refractivity contribution in [3.8, 4) is 0 Å². The van der Waals surface area contributed by atoms with Crippen LogP contribution in [-0.4, -0.2) is 43.8 Å². The van der Waals surface area contributed by atoms with E-state index in [0.29, 0.717) is 29.7 Å². The van der Waals surface area contributed by atoms with E-state index in [1.807, 2.05) is 18.2 Å². The van der Waals surface area contributed by atoms with Crippen LogP contribution >= 0.6 is 23.2 Å². The van der Waals surface area contributed by atoms with Crippen molar-refractivity contribution in [3.63, 3.8) is 0 Å². The first-order valence-electron chi connectivity index (χ1n) is 6.44. The molecular formula is C14H17Cl2NO3. The number of morpholine rings is 1. The van der Waals surface area contributed by atoms with Gasteiger partial charge in [0.2, 0.25) is 0 Å². The molecule has 0 aromatic heterocycles. The molecule has 1 saturated heterocycles. The predicted octanol–water partition coefficient (Wildman–Crippen LogP) is 2.76. The Morgan fingerprint density at radius 2 is 2.15 bits per heavy atom. The molecule has 110 valence electrons. The van der Waals surface area contributed by atoms with Crippen LogP contribution in [0.4, 0.5) is 0 Å². The van der Waals surface area contributed by atoms with Crippen molar-refractivity contribution in [1.82, 2.24) is 4.90 Å². The van der Waals surface area contributed by atoms with Crippen LogP contribution in [0.1, 0.15) is 12.0 Å². The van der Waals surface area contributed by atoms with Crippen molar-refractivity contribution in [2.75, 3.05) is 26.8 Å². The maximum atomic E-state index is 11.3. The molecule has 0 N–H and O–H groups in total. The van der Waals surface area contributed by atoms with Gasteiger partial charge in [0.1, 0.15) is 0 Å². The molecule has 2 rings (SSSR count). The summed E-state index contributed by atoms with van der Waals surface area (Å²) in [7, 11) is 1.38. The molecule has 0 saturated carbocycles. The maximum absolute atomic E-state index is 11.3. The molecule has 1 aliphatic rings. The topological polar surface area (TPSA) is 38.8 Å². The molecule has 1 aromatic carbocycles. The summed E-state index contributed by atoms with van der Waals surface area (Å²) in [6.45, 7) is 2.69. The minimum atomic E-state index is -0.257. The normalized spacial score (nSPS) is 19.9. The fraction of sp³-hybridized carbons (Fsp3) is 0.500. The van der Waals surface area contributed by atoms with Crippen molar-refractivity contribution >= 4 is 29.2 Å². The van der Waals surface area contributed by atoms with E-state index in [2.05, 4.69) is 9.64 Å². The van der Waals surface area contributed by atoms with Crippen LogP contribution in [0.15, 0.2) is 18.2 Å². The number of esters is 1. The zero-order valence-corrected chi connectivity index (χ0v) is 12.8. The van der Waals surface area contributed by atoms with Gasteiger partial charge in [-0.1, -0.05) is 29.3 Å². The highest BCUT2D eigenvalue weighted by molar-refractivity contribution is 6.35. The van der Waals surface area contributed by atoms with E-state index in [-0.39, 0.29) is 18.5 Å². The second kappa shape index (κ2) is 7.27.